The van der Waals surface area contributed by atoms with Crippen molar-refractivity contribution >= 4 is 27.7 Å². The summed E-state index contributed by atoms with van der Waals surface area (Å²) >= 11 is 0. The fourth-order valence-electron chi connectivity index (χ4n) is 2.29. The first-order chi connectivity index (χ1) is 12.5. The molecule has 1 amide bonds. The van der Waals surface area contributed by atoms with Gasteiger partial charge in [0, 0.05) is 30.1 Å². The molecule has 7 nitrogen and oxygen atoms in total. The topological polar surface area (TPSA) is 93.7 Å². The Labute approximate surface area is 151 Å². The van der Waals surface area contributed by atoms with Gasteiger partial charge in [-0.05, 0) is 23.8 Å². The van der Waals surface area contributed by atoms with E-state index in [1.165, 1.54) is 6.08 Å². The fourth-order valence-corrected chi connectivity index (χ4v) is 3.10. The molecule has 8 heteroatoms. The monoisotopic (exact) mass is 374 g/mol. The van der Waals surface area contributed by atoms with E-state index in [4.69, 9.17) is 9.47 Å². The molecule has 1 aliphatic rings. The maximum absolute atomic E-state index is 11.9. The van der Waals surface area contributed by atoms with Crippen LogP contribution in [0.2, 0.25) is 0 Å². The van der Waals surface area contributed by atoms with Gasteiger partial charge in [0.25, 0.3) is 0 Å². The largest absolute Gasteiger partial charge is 0.454 e. The van der Waals surface area contributed by atoms with Crippen molar-refractivity contribution in [2.45, 2.75) is 6.42 Å². The molecule has 26 heavy (non-hydrogen) atoms. The average Bonchev–Trinajstić information content (AvgIpc) is 3.08. The summed E-state index contributed by atoms with van der Waals surface area (Å²) in [6, 6.07) is 14.1. The third-order valence-corrected chi connectivity index (χ3v) is 4.65. The standard InChI is InChI=1S/C18H18N2O5S/c21-18(20-15-6-7-16-17(12-15)25-13-24-16)8-10-19-26(22,23)11-9-14-4-2-1-3-5-14/h1-7,9,11-12,19H,8,10,13H2,(H,20,21). The Morgan fingerprint density at radius 1 is 1.08 bits per heavy atom. The molecule has 0 spiro atoms. The number of nitrogens with one attached hydrogen (secondary N) is 2. The van der Waals surface area contributed by atoms with E-state index in [9.17, 15) is 13.2 Å². The SMILES string of the molecule is O=C(CCNS(=O)(=O)C=Cc1ccccc1)Nc1ccc2c(c1)OCO2. The summed E-state index contributed by atoms with van der Waals surface area (Å²) in [5.74, 6) is 0.883. The average molecular weight is 374 g/mol. The smallest absolute Gasteiger partial charge is 0.233 e. The Bertz CT molecular complexity index is 910. The molecule has 0 saturated heterocycles. The highest BCUT2D eigenvalue weighted by Crippen LogP contribution is 2.34. The quantitative estimate of drug-likeness (QED) is 0.776. The van der Waals surface area contributed by atoms with E-state index in [-0.39, 0.29) is 25.7 Å². The minimum absolute atomic E-state index is 0.00213. The Morgan fingerprint density at radius 3 is 2.65 bits per heavy atom. The van der Waals surface area contributed by atoms with Crippen molar-refractivity contribution in [3.63, 3.8) is 0 Å². The van der Waals surface area contributed by atoms with Crippen molar-refractivity contribution in [2.24, 2.45) is 0 Å². The molecule has 0 aromatic heterocycles. The summed E-state index contributed by atoms with van der Waals surface area (Å²) in [4.78, 5) is 11.9. The maximum Gasteiger partial charge on any atom is 0.233 e. The zero-order valence-corrected chi connectivity index (χ0v) is 14.7. The van der Waals surface area contributed by atoms with Gasteiger partial charge in [-0.1, -0.05) is 30.3 Å². The fraction of sp³-hybridized carbons (Fsp3) is 0.167. The molecule has 0 aliphatic carbocycles. The van der Waals surface area contributed by atoms with Crippen LogP contribution in [-0.2, 0) is 14.8 Å². The Hall–Kier alpha value is -2.84. The van der Waals surface area contributed by atoms with Gasteiger partial charge in [0.05, 0.1) is 0 Å². The van der Waals surface area contributed by atoms with Crippen molar-refractivity contribution in [1.29, 1.82) is 0 Å². The molecule has 2 aromatic rings. The van der Waals surface area contributed by atoms with Gasteiger partial charge in [0.1, 0.15) is 0 Å². The van der Waals surface area contributed by atoms with Crippen molar-refractivity contribution < 1.29 is 22.7 Å². The first-order valence-corrected chi connectivity index (χ1v) is 9.49. The van der Waals surface area contributed by atoms with Crippen molar-refractivity contribution in [1.82, 2.24) is 4.72 Å². The number of carbonyl (C=O) groups excluding carboxylic acids is 1. The predicted molar refractivity (Wildman–Crippen MR) is 98.2 cm³/mol. The zero-order chi connectivity index (χ0) is 18.4. The van der Waals surface area contributed by atoms with Crippen LogP contribution in [0.15, 0.2) is 53.9 Å². The molecule has 2 N–H and O–H groups in total. The number of amides is 1. The van der Waals surface area contributed by atoms with Crippen molar-refractivity contribution in [2.75, 3.05) is 18.7 Å². The summed E-state index contributed by atoms with van der Waals surface area (Å²) < 4.78 is 36.6. The molecule has 2 aromatic carbocycles. The van der Waals surface area contributed by atoms with Gasteiger partial charge in [0.15, 0.2) is 11.5 Å². The van der Waals surface area contributed by atoms with Crippen LogP contribution in [0.3, 0.4) is 0 Å². The Balaban J connectivity index is 1.46. The number of anilines is 1. The minimum Gasteiger partial charge on any atom is -0.454 e. The number of hydrogen-bond acceptors (Lipinski definition) is 5. The first-order valence-electron chi connectivity index (χ1n) is 7.94. The van der Waals surface area contributed by atoms with E-state index in [0.717, 1.165) is 11.0 Å². The lowest BCUT2D eigenvalue weighted by Crippen LogP contribution is -2.26. The Morgan fingerprint density at radius 2 is 1.85 bits per heavy atom. The van der Waals surface area contributed by atoms with E-state index in [1.54, 1.807) is 30.3 Å². The molecule has 0 bridgehead atoms. The van der Waals surface area contributed by atoms with Crippen LogP contribution in [0.1, 0.15) is 12.0 Å². The summed E-state index contributed by atoms with van der Waals surface area (Å²) in [6.07, 6.45) is 1.50. The molecule has 1 aliphatic heterocycles. The van der Waals surface area contributed by atoms with Gasteiger partial charge in [-0.2, -0.15) is 0 Å². The summed E-state index contributed by atoms with van der Waals surface area (Å²) in [6.45, 7) is 0.156. The van der Waals surface area contributed by atoms with Crippen LogP contribution >= 0.6 is 0 Å². The second-order valence-electron chi connectivity index (χ2n) is 5.52. The van der Waals surface area contributed by atoms with Crippen LogP contribution in [-0.4, -0.2) is 27.7 Å². The van der Waals surface area contributed by atoms with E-state index in [1.807, 2.05) is 18.2 Å². The van der Waals surface area contributed by atoms with Gasteiger partial charge in [0.2, 0.25) is 22.7 Å². The molecule has 0 saturated carbocycles. The lowest BCUT2D eigenvalue weighted by atomic mass is 10.2. The zero-order valence-electron chi connectivity index (χ0n) is 13.8. The number of benzene rings is 2. The molecule has 0 atom stereocenters. The molecule has 1 heterocycles. The van der Waals surface area contributed by atoms with Gasteiger partial charge in [-0.3, -0.25) is 4.79 Å². The first kappa shape index (κ1) is 18.0. The van der Waals surface area contributed by atoms with Crippen LogP contribution in [0.25, 0.3) is 6.08 Å². The predicted octanol–water partition coefficient (Wildman–Crippen LogP) is 2.33. The van der Waals surface area contributed by atoms with Gasteiger partial charge in [-0.15, -0.1) is 0 Å². The number of fused-ring (bicyclic) bond motifs is 1. The molecular weight excluding hydrogens is 356 g/mol. The normalized spacial score (nSPS) is 13.1. The summed E-state index contributed by atoms with van der Waals surface area (Å²) in [5, 5.41) is 3.77. The highest BCUT2D eigenvalue weighted by atomic mass is 32.2. The van der Waals surface area contributed by atoms with Crippen molar-refractivity contribution in [3.8, 4) is 11.5 Å². The van der Waals surface area contributed by atoms with Crippen LogP contribution in [0, 0.1) is 0 Å². The summed E-state index contributed by atoms with van der Waals surface area (Å²) in [7, 11) is -3.60. The van der Waals surface area contributed by atoms with E-state index in [0.29, 0.717) is 17.2 Å². The molecule has 136 valence electrons. The van der Waals surface area contributed by atoms with Crippen molar-refractivity contribution in [3.05, 3.63) is 59.5 Å². The second kappa shape index (κ2) is 8.03. The van der Waals surface area contributed by atoms with Gasteiger partial charge in [-0.25, -0.2) is 13.1 Å². The minimum atomic E-state index is -3.60. The third-order valence-electron chi connectivity index (χ3n) is 3.55. The second-order valence-corrected chi connectivity index (χ2v) is 7.17. The molecule has 0 fully saturated rings. The molecule has 0 unspecified atom stereocenters. The van der Waals surface area contributed by atoms with Gasteiger partial charge >= 0.3 is 0 Å². The highest BCUT2D eigenvalue weighted by Gasteiger charge is 2.14. The molecule has 3 rings (SSSR count). The molecule has 0 radical (unpaired) electrons. The maximum atomic E-state index is 11.9. The molecular formula is C18H18N2O5S. The number of rotatable bonds is 7. The lowest BCUT2D eigenvalue weighted by Gasteiger charge is -2.06. The van der Waals surface area contributed by atoms with E-state index < -0.39 is 10.0 Å². The van der Waals surface area contributed by atoms with Crippen LogP contribution < -0.4 is 19.5 Å². The van der Waals surface area contributed by atoms with Gasteiger partial charge < -0.3 is 14.8 Å². The van der Waals surface area contributed by atoms with Crippen LogP contribution in [0.5, 0.6) is 11.5 Å². The third kappa shape index (κ3) is 5.08. The highest BCUT2D eigenvalue weighted by molar-refractivity contribution is 7.92. The van der Waals surface area contributed by atoms with Crippen LogP contribution in [0.4, 0.5) is 5.69 Å². The summed E-state index contributed by atoms with van der Waals surface area (Å²) in [5.41, 5.74) is 1.34. The van der Waals surface area contributed by atoms with E-state index in [2.05, 4.69) is 10.0 Å². The number of sulfonamides is 1. The Kier molecular flexibility index (Phi) is 5.55. The number of ether oxygens (including phenoxy) is 2. The number of carbonyl (C=O) groups is 1. The number of hydrogen-bond donors (Lipinski definition) is 2. The lowest BCUT2D eigenvalue weighted by molar-refractivity contribution is -0.116. The van der Waals surface area contributed by atoms with E-state index >= 15 is 0 Å².